The molecule has 0 radical (unpaired) electrons. The number of para-hydroxylation sites is 2. The molecule has 3 rings (SSSR count). The first-order valence-electron chi connectivity index (χ1n) is 8.15. The highest BCUT2D eigenvalue weighted by atomic mass is 32.2. The molecule has 0 spiro atoms. The number of nitrogens with one attached hydrogen (secondary N) is 1. The van der Waals surface area contributed by atoms with Gasteiger partial charge in [-0.3, -0.25) is 14.5 Å². The van der Waals surface area contributed by atoms with Crippen molar-refractivity contribution < 1.29 is 9.59 Å². The van der Waals surface area contributed by atoms with Crippen molar-refractivity contribution in [3.8, 4) is 0 Å². The van der Waals surface area contributed by atoms with Gasteiger partial charge in [-0.15, -0.1) is 0 Å². The van der Waals surface area contributed by atoms with Gasteiger partial charge in [0.15, 0.2) is 5.17 Å². The Bertz CT molecular complexity index is 778. The Morgan fingerprint density at radius 3 is 2.40 bits per heavy atom. The zero-order valence-corrected chi connectivity index (χ0v) is 14.7. The van der Waals surface area contributed by atoms with Crippen LogP contribution < -0.4 is 10.2 Å². The highest BCUT2D eigenvalue weighted by molar-refractivity contribution is 8.16. The van der Waals surface area contributed by atoms with E-state index in [-0.39, 0.29) is 18.2 Å². The van der Waals surface area contributed by atoms with E-state index < -0.39 is 5.25 Å². The minimum Gasteiger partial charge on any atom is -0.356 e. The maximum absolute atomic E-state index is 12.9. The van der Waals surface area contributed by atoms with Crippen LogP contribution in [0.4, 0.5) is 11.4 Å². The maximum Gasteiger partial charge on any atom is 0.247 e. The van der Waals surface area contributed by atoms with E-state index in [1.165, 1.54) is 11.8 Å². The van der Waals surface area contributed by atoms with E-state index in [2.05, 4.69) is 10.3 Å². The van der Waals surface area contributed by atoms with E-state index in [4.69, 9.17) is 0 Å². The third kappa shape index (κ3) is 4.09. The molecule has 2 amide bonds. The summed E-state index contributed by atoms with van der Waals surface area (Å²) >= 11 is 1.34. The molecule has 1 heterocycles. The molecule has 2 aromatic carbocycles. The minimum atomic E-state index is -0.464. The molecule has 1 atom stereocenters. The predicted molar refractivity (Wildman–Crippen MR) is 102 cm³/mol. The number of hydrogen-bond acceptors (Lipinski definition) is 4. The molecule has 0 saturated carbocycles. The molecule has 5 nitrogen and oxygen atoms in total. The molecule has 1 saturated heterocycles. The summed E-state index contributed by atoms with van der Waals surface area (Å²) in [5.41, 5.74) is 1.53. The zero-order valence-electron chi connectivity index (χ0n) is 13.9. The van der Waals surface area contributed by atoms with Crippen LogP contribution in [0.3, 0.4) is 0 Å². The second-order valence-corrected chi connectivity index (χ2v) is 6.67. The monoisotopic (exact) mass is 353 g/mol. The largest absolute Gasteiger partial charge is 0.356 e. The van der Waals surface area contributed by atoms with Gasteiger partial charge in [-0.25, -0.2) is 4.99 Å². The number of thioether (sulfide) groups is 1. The lowest BCUT2D eigenvalue weighted by Gasteiger charge is -2.16. The number of rotatable bonds is 5. The molecule has 25 heavy (non-hydrogen) atoms. The Morgan fingerprint density at radius 1 is 1.12 bits per heavy atom. The van der Waals surface area contributed by atoms with Crippen molar-refractivity contribution in [2.45, 2.75) is 18.6 Å². The van der Waals surface area contributed by atoms with E-state index >= 15 is 0 Å². The van der Waals surface area contributed by atoms with Crippen molar-refractivity contribution in [2.75, 3.05) is 11.4 Å². The topological polar surface area (TPSA) is 61.8 Å². The van der Waals surface area contributed by atoms with Gasteiger partial charge in [-0.1, -0.05) is 48.2 Å². The van der Waals surface area contributed by atoms with Crippen LogP contribution in [0.2, 0.25) is 0 Å². The van der Waals surface area contributed by atoms with Crippen LogP contribution in [0.15, 0.2) is 65.7 Å². The maximum atomic E-state index is 12.9. The summed E-state index contributed by atoms with van der Waals surface area (Å²) in [4.78, 5) is 31.0. The number of hydrogen-bond donors (Lipinski definition) is 1. The van der Waals surface area contributed by atoms with Crippen LogP contribution in [-0.4, -0.2) is 28.8 Å². The number of benzene rings is 2. The quantitative estimate of drug-likeness (QED) is 0.897. The third-order valence-electron chi connectivity index (χ3n) is 3.67. The van der Waals surface area contributed by atoms with Crippen LogP contribution in [0.1, 0.15) is 13.3 Å². The molecule has 1 aliphatic rings. The van der Waals surface area contributed by atoms with Crippen molar-refractivity contribution in [3.63, 3.8) is 0 Å². The van der Waals surface area contributed by atoms with Crippen LogP contribution in [0.25, 0.3) is 0 Å². The predicted octanol–water partition coefficient (Wildman–Crippen LogP) is 3.35. The summed E-state index contributed by atoms with van der Waals surface area (Å²) in [7, 11) is 0. The Kier molecular flexibility index (Phi) is 5.50. The number of anilines is 1. The Labute approximate surface area is 151 Å². The first-order chi connectivity index (χ1) is 12.2. The van der Waals surface area contributed by atoms with Gasteiger partial charge in [0.1, 0.15) is 5.25 Å². The molecule has 128 valence electrons. The van der Waals surface area contributed by atoms with Gasteiger partial charge >= 0.3 is 0 Å². The van der Waals surface area contributed by atoms with E-state index in [9.17, 15) is 9.59 Å². The number of nitrogens with zero attached hydrogens (tertiary/aromatic N) is 2. The first-order valence-corrected chi connectivity index (χ1v) is 9.03. The standard InChI is InChI=1S/C19H19N3O2S/c1-2-20-17(23)13-16-18(24)22(15-11-7-4-8-12-15)19(25-16)21-14-9-5-3-6-10-14/h3-12,16H,2,13H2,1H3,(H,20,23). The van der Waals surface area contributed by atoms with Gasteiger partial charge in [0.05, 0.1) is 11.4 Å². The molecule has 0 aromatic heterocycles. The number of carbonyl (C=O) groups excluding carboxylic acids is 2. The average molecular weight is 353 g/mol. The number of carbonyl (C=O) groups is 2. The van der Waals surface area contributed by atoms with Crippen LogP contribution >= 0.6 is 11.8 Å². The molecule has 6 heteroatoms. The van der Waals surface area contributed by atoms with Crippen molar-refractivity contribution in [1.82, 2.24) is 5.32 Å². The smallest absolute Gasteiger partial charge is 0.247 e. The minimum absolute atomic E-state index is 0.114. The van der Waals surface area contributed by atoms with Crippen molar-refractivity contribution in [3.05, 3.63) is 60.7 Å². The van der Waals surface area contributed by atoms with Crippen molar-refractivity contribution >= 4 is 40.1 Å². The molecule has 1 N–H and O–H groups in total. The normalized spacial score (nSPS) is 18.6. The lowest BCUT2D eigenvalue weighted by Crippen LogP contribution is -2.34. The molecule has 1 aliphatic heterocycles. The summed E-state index contributed by atoms with van der Waals surface area (Å²) in [6.07, 6.45) is 0.147. The molecular formula is C19H19N3O2S. The molecule has 1 unspecified atom stereocenters. The van der Waals surface area contributed by atoms with Crippen LogP contribution in [-0.2, 0) is 9.59 Å². The zero-order chi connectivity index (χ0) is 17.6. The molecule has 1 fully saturated rings. The van der Waals surface area contributed by atoms with E-state index in [1.807, 2.05) is 67.6 Å². The van der Waals surface area contributed by atoms with E-state index in [0.29, 0.717) is 11.7 Å². The fourth-order valence-electron chi connectivity index (χ4n) is 2.54. The van der Waals surface area contributed by atoms with Gasteiger partial charge in [0, 0.05) is 13.0 Å². The summed E-state index contributed by atoms with van der Waals surface area (Å²) in [5, 5.41) is 2.88. The van der Waals surface area contributed by atoms with Gasteiger partial charge in [0.25, 0.3) is 0 Å². The number of aliphatic imine (C=N–C) groups is 1. The lowest BCUT2D eigenvalue weighted by molar-refractivity contribution is -0.124. The van der Waals surface area contributed by atoms with Crippen LogP contribution in [0, 0.1) is 0 Å². The third-order valence-corrected chi connectivity index (χ3v) is 4.81. The van der Waals surface area contributed by atoms with E-state index in [0.717, 1.165) is 11.4 Å². The lowest BCUT2D eigenvalue weighted by atomic mass is 10.2. The highest BCUT2D eigenvalue weighted by Crippen LogP contribution is 2.35. The van der Waals surface area contributed by atoms with Crippen molar-refractivity contribution in [2.24, 2.45) is 4.99 Å². The van der Waals surface area contributed by atoms with Gasteiger partial charge in [0.2, 0.25) is 11.8 Å². The summed E-state index contributed by atoms with van der Waals surface area (Å²) < 4.78 is 0. The first kappa shape index (κ1) is 17.2. The molecule has 0 bridgehead atoms. The summed E-state index contributed by atoms with van der Waals surface area (Å²) in [6.45, 7) is 2.41. The fraction of sp³-hybridized carbons (Fsp3) is 0.211. The summed E-state index contributed by atoms with van der Waals surface area (Å²) in [6, 6.07) is 18.9. The van der Waals surface area contributed by atoms with Gasteiger partial charge < -0.3 is 5.32 Å². The number of amides is 2. The second-order valence-electron chi connectivity index (χ2n) is 5.50. The number of amidine groups is 1. The molecule has 0 aliphatic carbocycles. The summed E-state index contributed by atoms with van der Waals surface area (Å²) in [5.74, 6) is -0.237. The van der Waals surface area contributed by atoms with Crippen LogP contribution in [0.5, 0.6) is 0 Å². The fourth-order valence-corrected chi connectivity index (χ4v) is 3.69. The molecule has 2 aromatic rings. The second kappa shape index (κ2) is 7.98. The van der Waals surface area contributed by atoms with Gasteiger partial charge in [-0.2, -0.15) is 0 Å². The van der Waals surface area contributed by atoms with E-state index in [1.54, 1.807) is 4.90 Å². The molecular weight excluding hydrogens is 334 g/mol. The Balaban J connectivity index is 1.92. The Hall–Kier alpha value is -2.60. The SMILES string of the molecule is CCNC(=O)CC1SC(=Nc2ccccc2)N(c2ccccc2)C1=O. The highest BCUT2D eigenvalue weighted by Gasteiger charge is 2.40. The Morgan fingerprint density at radius 2 is 1.76 bits per heavy atom. The van der Waals surface area contributed by atoms with Crippen molar-refractivity contribution in [1.29, 1.82) is 0 Å². The average Bonchev–Trinajstić information content (AvgIpc) is 2.92. The van der Waals surface area contributed by atoms with Gasteiger partial charge in [-0.05, 0) is 31.2 Å².